The van der Waals surface area contributed by atoms with Gasteiger partial charge in [-0.05, 0) is 37.1 Å². The number of hydrogen-bond donors (Lipinski definition) is 2. The summed E-state index contributed by atoms with van der Waals surface area (Å²) in [6, 6.07) is 16.2. The van der Waals surface area contributed by atoms with Gasteiger partial charge in [-0.1, -0.05) is 30.3 Å². The Hall–Kier alpha value is -3.02. The van der Waals surface area contributed by atoms with Crippen LogP contribution in [0.1, 0.15) is 12.8 Å². The summed E-state index contributed by atoms with van der Waals surface area (Å²) < 4.78 is 5.83. The molecule has 1 atom stereocenters. The van der Waals surface area contributed by atoms with Crippen molar-refractivity contribution in [3.63, 3.8) is 0 Å². The van der Waals surface area contributed by atoms with E-state index in [2.05, 4.69) is 5.32 Å². The highest BCUT2D eigenvalue weighted by Gasteiger charge is 2.28. The summed E-state index contributed by atoms with van der Waals surface area (Å²) in [5, 5.41) is 12.0. The van der Waals surface area contributed by atoms with E-state index in [0.29, 0.717) is 36.6 Å². The quantitative estimate of drug-likeness (QED) is 0.887. The van der Waals surface area contributed by atoms with Gasteiger partial charge in [-0.3, -0.25) is 4.79 Å². The number of amides is 2. The van der Waals surface area contributed by atoms with E-state index < -0.39 is 11.9 Å². The molecule has 0 aliphatic carbocycles. The molecule has 1 heterocycles. The number of carboxylic acid groups (broad SMARTS) is 1. The van der Waals surface area contributed by atoms with Gasteiger partial charge >= 0.3 is 12.0 Å². The molecule has 2 N–H and O–H groups in total. The van der Waals surface area contributed by atoms with Crippen LogP contribution in [-0.2, 0) is 4.79 Å². The molecule has 6 nitrogen and oxygen atoms in total. The van der Waals surface area contributed by atoms with Gasteiger partial charge in [-0.2, -0.15) is 0 Å². The molecule has 0 radical (unpaired) electrons. The third kappa shape index (κ3) is 4.29. The second-order valence-corrected chi connectivity index (χ2v) is 5.96. The Labute approximate surface area is 146 Å². The Morgan fingerprint density at radius 2 is 1.80 bits per heavy atom. The van der Waals surface area contributed by atoms with Gasteiger partial charge in [0.2, 0.25) is 0 Å². The Bertz CT molecular complexity index is 748. The molecule has 0 aromatic heterocycles. The van der Waals surface area contributed by atoms with Crippen LogP contribution in [-0.4, -0.2) is 35.1 Å². The largest absolute Gasteiger partial charge is 0.481 e. The summed E-state index contributed by atoms with van der Waals surface area (Å²) >= 11 is 0. The summed E-state index contributed by atoms with van der Waals surface area (Å²) in [6.45, 7) is 0.778. The third-order valence-corrected chi connectivity index (χ3v) is 4.16. The number of hydrogen-bond acceptors (Lipinski definition) is 3. The van der Waals surface area contributed by atoms with Crippen molar-refractivity contribution in [2.75, 3.05) is 18.4 Å². The molecule has 2 aromatic carbocycles. The van der Waals surface area contributed by atoms with Crippen LogP contribution in [0.15, 0.2) is 54.6 Å². The number of likely N-dealkylation sites (tertiary alicyclic amines) is 1. The molecule has 0 saturated carbocycles. The summed E-state index contributed by atoms with van der Waals surface area (Å²) in [5.41, 5.74) is 0.550. The van der Waals surface area contributed by atoms with Crippen LogP contribution in [0.2, 0.25) is 0 Å². The number of carbonyl (C=O) groups is 2. The second-order valence-electron chi connectivity index (χ2n) is 5.96. The minimum atomic E-state index is -0.856. The predicted octanol–water partition coefficient (Wildman–Crippen LogP) is 3.81. The fourth-order valence-electron chi connectivity index (χ4n) is 2.83. The zero-order valence-corrected chi connectivity index (χ0v) is 13.7. The standard InChI is InChI=1S/C19H20N2O4/c22-18(23)14-7-6-12-21(13-14)19(24)20-16-10-4-5-11-17(16)25-15-8-2-1-3-9-15/h1-5,8-11,14H,6-7,12-13H2,(H,20,24)(H,22,23). The monoisotopic (exact) mass is 340 g/mol. The lowest BCUT2D eigenvalue weighted by Crippen LogP contribution is -2.44. The summed E-state index contributed by atoms with van der Waals surface area (Å²) in [7, 11) is 0. The molecule has 3 rings (SSSR count). The van der Waals surface area contributed by atoms with Gasteiger partial charge in [0.05, 0.1) is 11.6 Å². The van der Waals surface area contributed by atoms with Gasteiger partial charge in [-0.25, -0.2) is 4.79 Å². The molecule has 1 unspecified atom stereocenters. The Balaban J connectivity index is 1.70. The highest BCUT2D eigenvalue weighted by molar-refractivity contribution is 5.91. The SMILES string of the molecule is O=C(O)C1CCCN(C(=O)Nc2ccccc2Oc2ccccc2)C1. The molecule has 1 fully saturated rings. The maximum Gasteiger partial charge on any atom is 0.321 e. The number of ether oxygens (including phenoxy) is 1. The summed E-state index contributed by atoms with van der Waals surface area (Å²) in [6.07, 6.45) is 1.29. The topological polar surface area (TPSA) is 78.9 Å². The van der Waals surface area contributed by atoms with Crippen LogP contribution < -0.4 is 10.1 Å². The van der Waals surface area contributed by atoms with Gasteiger partial charge < -0.3 is 20.1 Å². The Morgan fingerprint density at radius 1 is 1.08 bits per heavy atom. The fourth-order valence-corrected chi connectivity index (χ4v) is 2.83. The average molecular weight is 340 g/mol. The summed E-state index contributed by atoms with van der Waals surface area (Å²) in [4.78, 5) is 25.2. The lowest BCUT2D eigenvalue weighted by atomic mass is 9.99. The molecular weight excluding hydrogens is 320 g/mol. The Morgan fingerprint density at radius 3 is 2.56 bits per heavy atom. The van der Waals surface area contributed by atoms with E-state index in [9.17, 15) is 9.59 Å². The lowest BCUT2D eigenvalue weighted by Gasteiger charge is -2.30. The van der Waals surface area contributed by atoms with Crippen molar-refractivity contribution in [2.45, 2.75) is 12.8 Å². The minimum Gasteiger partial charge on any atom is -0.481 e. The second kappa shape index (κ2) is 7.70. The number of nitrogens with one attached hydrogen (secondary N) is 1. The third-order valence-electron chi connectivity index (χ3n) is 4.16. The number of anilines is 1. The molecule has 25 heavy (non-hydrogen) atoms. The van der Waals surface area contributed by atoms with E-state index in [4.69, 9.17) is 9.84 Å². The van der Waals surface area contributed by atoms with E-state index in [1.807, 2.05) is 42.5 Å². The van der Waals surface area contributed by atoms with E-state index in [-0.39, 0.29) is 12.6 Å². The van der Waals surface area contributed by atoms with Crippen LogP contribution in [0.5, 0.6) is 11.5 Å². The average Bonchev–Trinajstić information content (AvgIpc) is 2.64. The van der Waals surface area contributed by atoms with Crippen molar-refractivity contribution < 1.29 is 19.4 Å². The van der Waals surface area contributed by atoms with E-state index in [1.54, 1.807) is 17.0 Å². The van der Waals surface area contributed by atoms with Crippen molar-refractivity contribution in [3.8, 4) is 11.5 Å². The number of aliphatic carboxylic acids is 1. The highest BCUT2D eigenvalue weighted by Crippen LogP contribution is 2.29. The number of rotatable bonds is 4. The van der Waals surface area contributed by atoms with Crippen molar-refractivity contribution in [1.29, 1.82) is 0 Å². The molecule has 6 heteroatoms. The normalized spacial score (nSPS) is 17.0. The van der Waals surface area contributed by atoms with Crippen molar-refractivity contribution in [2.24, 2.45) is 5.92 Å². The van der Waals surface area contributed by atoms with Crippen molar-refractivity contribution >= 4 is 17.7 Å². The van der Waals surface area contributed by atoms with E-state index in [1.165, 1.54) is 0 Å². The Kier molecular flexibility index (Phi) is 5.18. The number of para-hydroxylation sites is 3. The van der Waals surface area contributed by atoms with Crippen LogP contribution in [0.25, 0.3) is 0 Å². The van der Waals surface area contributed by atoms with Gasteiger partial charge in [0.1, 0.15) is 5.75 Å². The maximum atomic E-state index is 12.5. The van der Waals surface area contributed by atoms with Crippen LogP contribution >= 0.6 is 0 Å². The first-order valence-corrected chi connectivity index (χ1v) is 8.24. The van der Waals surface area contributed by atoms with E-state index in [0.717, 1.165) is 0 Å². The van der Waals surface area contributed by atoms with Crippen LogP contribution in [0, 0.1) is 5.92 Å². The number of carbonyl (C=O) groups excluding carboxylic acids is 1. The van der Waals surface area contributed by atoms with Gasteiger partial charge in [0.15, 0.2) is 5.75 Å². The zero-order valence-electron chi connectivity index (χ0n) is 13.7. The van der Waals surface area contributed by atoms with Crippen LogP contribution in [0.4, 0.5) is 10.5 Å². The molecule has 2 amide bonds. The van der Waals surface area contributed by atoms with E-state index >= 15 is 0 Å². The number of urea groups is 1. The van der Waals surface area contributed by atoms with Gasteiger partial charge in [0, 0.05) is 13.1 Å². The van der Waals surface area contributed by atoms with Crippen molar-refractivity contribution in [1.82, 2.24) is 4.90 Å². The fraction of sp³-hybridized carbons (Fsp3) is 0.263. The smallest absolute Gasteiger partial charge is 0.321 e. The lowest BCUT2D eigenvalue weighted by molar-refractivity contribution is -0.143. The predicted molar refractivity (Wildman–Crippen MR) is 93.9 cm³/mol. The molecule has 0 spiro atoms. The molecule has 130 valence electrons. The molecule has 2 aromatic rings. The molecule has 1 aliphatic rings. The van der Waals surface area contributed by atoms with Gasteiger partial charge in [0.25, 0.3) is 0 Å². The molecule has 1 aliphatic heterocycles. The summed E-state index contributed by atoms with van der Waals surface area (Å²) in [5.74, 6) is -0.150. The molecule has 1 saturated heterocycles. The maximum absolute atomic E-state index is 12.5. The number of benzene rings is 2. The molecular formula is C19H20N2O4. The van der Waals surface area contributed by atoms with Crippen LogP contribution in [0.3, 0.4) is 0 Å². The zero-order chi connectivity index (χ0) is 17.6. The van der Waals surface area contributed by atoms with Crippen molar-refractivity contribution in [3.05, 3.63) is 54.6 Å². The first kappa shape index (κ1) is 16.8. The first-order valence-electron chi connectivity index (χ1n) is 8.24. The first-order chi connectivity index (χ1) is 12.1. The molecule has 0 bridgehead atoms. The number of piperidine rings is 1. The van der Waals surface area contributed by atoms with Gasteiger partial charge in [-0.15, -0.1) is 0 Å². The number of carboxylic acids is 1. The minimum absolute atomic E-state index is 0.225. The highest BCUT2D eigenvalue weighted by atomic mass is 16.5. The number of nitrogens with zero attached hydrogens (tertiary/aromatic N) is 1.